The smallest absolute Gasteiger partial charge is 0.222 e. The van der Waals surface area contributed by atoms with Crippen molar-refractivity contribution in [2.75, 3.05) is 26.2 Å². The third-order valence-electron chi connectivity index (χ3n) is 6.66. The van der Waals surface area contributed by atoms with Crippen molar-refractivity contribution in [3.8, 4) is 5.75 Å². The van der Waals surface area contributed by atoms with E-state index < -0.39 is 0 Å². The molecule has 2 aromatic rings. The number of carbonyl (C=O) groups is 2. The molecule has 2 atom stereocenters. The number of primary amides is 1. The Hall–Kier alpha value is -2.87. The fourth-order valence-corrected chi connectivity index (χ4v) is 4.71. The molecule has 0 aliphatic carbocycles. The van der Waals surface area contributed by atoms with Crippen molar-refractivity contribution in [2.24, 2.45) is 23.5 Å². The number of benzene rings is 1. The summed E-state index contributed by atoms with van der Waals surface area (Å²) < 4.78 is 11.2. The summed E-state index contributed by atoms with van der Waals surface area (Å²) in [6.07, 6.45) is 3.61. The van der Waals surface area contributed by atoms with Gasteiger partial charge >= 0.3 is 0 Å². The number of para-hydroxylation sites is 1. The van der Waals surface area contributed by atoms with Gasteiger partial charge in [-0.25, -0.2) is 0 Å². The number of nitrogens with one attached hydrogen (secondary N) is 1. The molecule has 2 saturated heterocycles. The lowest BCUT2D eigenvalue weighted by Gasteiger charge is -2.35. The van der Waals surface area contributed by atoms with Crippen molar-refractivity contribution >= 4 is 11.8 Å². The van der Waals surface area contributed by atoms with E-state index in [2.05, 4.69) is 10.5 Å². The van der Waals surface area contributed by atoms with Crippen LogP contribution in [0.4, 0.5) is 0 Å². The van der Waals surface area contributed by atoms with Gasteiger partial charge in [-0.3, -0.25) is 9.59 Å². The predicted molar refractivity (Wildman–Crippen MR) is 119 cm³/mol. The zero-order chi connectivity index (χ0) is 22.3. The van der Waals surface area contributed by atoms with E-state index in [0.717, 1.165) is 37.4 Å². The molecule has 0 unspecified atom stereocenters. The molecule has 2 aliphatic heterocycles. The van der Waals surface area contributed by atoms with Gasteiger partial charge in [-0.1, -0.05) is 23.4 Å². The number of nitrogens with two attached hydrogens (primary N) is 1. The summed E-state index contributed by atoms with van der Waals surface area (Å²) in [5, 5.41) is 7.68. The third-order valence-corrected chi connectivity index (χ3v) is 6.66. The number of piperidine rings is 2. The zero-order valence-corrected chi connectivity index (χ0v) is 18.4. The predicted octanol–water partition coefficient (Wildman–Crippen LogP) is 2.14. The summed E-state index contributed by atoms with van der Waals surface area (Å²) in [7, 11) is 0. The fourth-order valence-electron chi connectivity index (χ4n) is 4.71. The van der Waals surface area contributed by atoms with Crippen LogP contribution >= 0.6 is 0 Å². The van der Waals surface area contributed by atoms with Gasteiger partial charge < -0.3 is 25.2 Å². The number of aromatic nitrogens is 1. The van der Waals surface area contributed by atoms with Crippen LogP contribution in [0.5, 0.6) is 5.75 Å². The van der Waals surface area contributed by atoms with E-state index in [1.165, 1.54) is 0 Å². The molecule has 8 heteroatoms. The number of likely N-dealkylation sites (tertiary alicyclic amines) is 1. The van der Waals surface area contributed by atoms with Gasteiger partial charge in [0.2, 0.25) is 11.8 Å². The van der Waals surface area contributed by atoms with E-state index in [4.69, 9.17) is 15.0 Å². The maximum Gasteiger partial charge on any atom is 0.222 e. The second-order valence-electron chi connectivity index (χ2n) is 8.86. The molecular weight excluding hydrogens is 408 g/mol. The van der Waals surface area contributed by atoms with Crippen LogP contribution in [0, 0.1) is 17.8 Å². The largest absolute Gasteiger partial charge is 0.486 e. The summed E-state index contributed by atoms with van der Waals surface area (Å²) in [4.78, 5) is 26.2. The second-order valence-corrected chi connectivity index (χ2v) is 8.86. The van der Waals surface area contributed by atoms with E-state index in [0.29, 0.717) is 56.6 Å². The minimum atomic E-state index is -0.253. The summed E-state index contributed by atoms with van der Waals surface area (Å²) in [5.74, 6) is 1.94. The van der Waals surface area contributed by atoms with E-state index >= 15 is 0 Å². The van der Waals surface area contributed by atoms with Gasteiger partial charge in [-0.05, 0) is 62.7 Å². The number of nitrogens with zero attached hydrogens (tertiary/aromatic N) is 2. The highest BCUT2D eigenvalue weighted by molar-refractivity contribution is 5.79. The molecule has 0 spiro atoms. The van der Waals surface area contributed by atoms with Gasteiger partial charge in [0.25, 0.3) is 0 Å². The fraction of sp³-hybridized carbons (Fsp3) is 0.542. The average molecular weight is 441 g/mol. The lowest BCUT2D eigenvalue weighted by atomic mass is 9.80. The van der Waals surface area contributed by atoms with Crippen LogP contribution in [0.2, 0.25) is 0 Å². The Morgan fingerprint density at radius 3 is 2.69 bits per heavy atom. The van der Waals surface area contributed by atoms with Gasteiger partial charge in [-0.2, -0.15) is 0 Å². The van der Waals surface area contributed by atoms with Crippen LogP contribution in [0.15, 0.2) is 40.9 Å². The molecule has 8 nitrogen and oxygen atoms in total. The molecule has 4 rings (SSSR count). The maximum atomic E-state index is 12.9. The molecule has 3 heterocycles. The van der Waals surface area contributed by atoms with Crippen molar-refractivity contribution < 1.29 is 18.8 Å². The molecule has 0 saturated carbocycles. The quantitative estimate of drug-likeness (QED) is 0.651. The Morgan fingerprint density at radius 1 is 1.16 bits per heavy atom. The monoisotopic (exact) mass is 440 g/mol. The molecule has 2 aliphatic rings. The topological polar surface area (TPSA) is 111 Å². The maximum absolute atomic E-state index is 12.9. The molecular formula is C24H32N4O4. The van der Waals surface area contributed by atoms with Crippen molar-refractivity contribution in [1.82, 2.24) is 15.4 Å². The lowest BCUT2D eigenvalue weighted by molar-refractivity contribution is -0.136. The van der Waals surface area contributed by atoms with E-state index in [-0.39, 0.29) is 17.7 Å². The number of rotatable bonds is 8. The highest BCUT2D eigenvalue weighted by Gasteiger charge is 2.31. The normalized spacial score (nSPS) is 21.9. The molecule has 1 aromatic carbocycles. The lowest BCUT2D eigenvalue weighted by Crippen LogP contribution is -2.44. The number of carbonyl (C=O) groups excluding carboxylic acids is 2. The van der Waals surface area contributed by atoms with Gasteiger partial charge in [0.15, 0.2) is 5.76 Å². The first kappa shape index (κ1) is 22.3. The average Bonchev–Trinajstić information content (AvgIpc) is 3.27. The Morgan fingerprint density at radius 2 is 1.94 bits per heavy atom. The van der Waals surface area contributed by atoms with Crippen LogP contribution in [0.1, 0.15) is 37.1 Å². The SMILES string of the molecule is NC(=O)C1CCN(C(=O)C[C@@H]2CCNC[C@H]2Cc2cc(COc3ccccc3)on2)CC1. The van der Waals surface area contributed by atoms with Crippen LogP contribution in [0.3, 0.4) is 0 Å². The summed E-state index contributed by atoms with van der Waals surface area (Å²) in [6.45, 7) is 3.37. The number of hydrogen-bond acceptors (Lipinski definition) is 6. The first-order valence-electron chi connectivity index (χ1n) is 11.5. The Bertz CT molecular complexity index is 892. The molecule has 1 aromatic heterocycles. The summed E-state index contributed by atoms with van der Waals surface area (Å²) >= 11 is 0. The molecule has 3 N–H and O–H groups in total. The first-order chi connectivity index (χ1) is 15.6. The molecule has 2 fully saturated rings. The highest BCUT2D eigenvalue weighted by Crippen LogP contribution is 2.28. The molecule has 0 bridgehead atoms. The second kappa shape index (κ2) is 10.6. The van der Waals surface area contributed by atoms with Crippen molar-refractivity contribution in [2.45, 2.75) is 38.7 Å². The van der Waals surface area contributed by atoms with Crippen LogP contribution in [0.25, 0.3) is 0 Å². The first-order valence-corrected chi connectivity index (χ1v) is 11.5. The summed E-state index contributed by atoms with van der Waals surface area (Å²) in [6, 6.07) is 11.6. The Labute approximate surface area is 188 Å². The van der Waals surface area contributed by atoms with E-state index in [1.807, 2.05) is 41.3 Å². The molecule has 0 radical (unpaired) electrons. The molecule has 172 valence electrons. The number of ether oxygens (including phenoxy) is 1. The van der Waals surface area contributed by atoms with Crippen LogP contribution in [-0.4, -0.2) is 48.0 Å². The minimum Gasteiger partial charge on any atom is -0.486 e. The van der Waals surface area contributed by atoms with Gasteiger partial charge in [0.1, 0.15) is 12.4 Å². The zero-order valence-electron chi connectivity index (χ0n) is 18.4. The molecule has 32 heavy (non-hydrogen) atoms. The van der Waals surface area contributed by atoms with Crippen molar-refractivity contribution in [3.63, 3.8) is 0 Å². The van der Waals surface area contributed by atoms with Crippen LogP contribution < -0.4 is 15.8 Å². The summed E-state index contributed by atoms with van der Waals surface area (Å²) in [5.41, 5.74) is 6.30. The Balaban J connectivity index is 1.28. The van der Waals surface area contributed by atoms with E-state index in [1.54, 1.807) is 0 Å². The third kappa shape index (κ3) is 5.88. The minimum absolute atomic E-state index is 0.0992. The standard InChI is InChI=1S/C24H32N4O4/c25-24(30)17-7-10-28(11-8-17)23(29)13-18-6-9-26-15-19(18)12-20-14-22(32-27-20)16-31-21-4-2-1-3-5-21/h1-5,14,17-19,26H,6-13,15-16H2,(H2,25,30)/t18-,19+/m0/s1. The van der Waals surface area contributed by atoms with Gasteiger partial charge in [-0.15, -0.1) is 0 Å². The number of hydrogen-bond donors (Lipinski definition) is 2. The van der Waals surface area contributed by atoms with Crippen LogP contribution in [-0.2, 0) is 22.6 Å². The highest BCUT2D eigenvalue weighted by atomic mass is 16.5. The van der Waals surface area contributed by atoms with E-state index in [9.17, 15) is 9.59 Å². The van der Waals surface area contributed by atoms with Crippen molar-refractivity contribution in [3.05, 3.63) is 47.9 Å². The molecule has 2 amide bonds. The van der Waals surface area contributed by atoms with Gasteiger partial charge in [0.05, 0.1) is 5.69 Å². The Kier molecular flexibility index (Phi) is 7.42. The van der Waals surface area contributed by atoms with Gasteiger partial charge in [0, 0.05) is 31.5 Å². The number of amides is 2. The van der Waals surface area contributed by atoms with Crippen molar-refractivity contribution in [1.29, 1.82) is 0 Å².